The van der Waals surface area contributed by atoms with Gasteiger partial charge in [0.25, 0.3) is 0 Å². The number of thiocarbonyl (C=S) groups is 1. The Bertz CT molecular complexity index is 569. The number of hydrogen-bond donors (Lipinski definition) is 1. The van der Waals surface area contributed by atoms with Crippen LogP contribution in [0.5, 0.6) is 0 Å². The summed E-state index contributed by atoms with van der Waals surface area (Å²) in [5, 5.41) is 4.17. The van der Waals surface area contributed by atoms with E-state index in [2.05, 4.69) is 53.3 Å². The summed E-state index contributed by atoms with van der Waals surface area (Å²) in [6.07, 6.45) is 4.63. The predicted molar refractivity (Wildman–Crippen MR) is 95.7 cm³/mol. The van der Waals surface area contributed by atoms with Gasteiger partial charge in [-0.2, -0.15) is 0 Å². The predicted octanol–water partition coefficient (Wildman–Crippen LogP) is 3.41. The molecule has 0 bridgehead atoms. The second-order valence-corrected chi connectivity index (χ2v) is 5.92. The van der Waals surface area contributed by atoms with Crippen molar-refractivity contribution in [2.45, 2.75) is 32.9 Å². The molecule has 0 atom stereocenters. The molecule has 1 heterocycles. The van der Waals surface area contributed by atoms with E-state index in [1.807, 2.05) is 30.6 Å². The van der Waals surface area contributed by atoms with Gasteiger partial charge in [-0.25, -0.2) is 0 Å². The summed E-state index contributed by atoms with van der Waals surface area (Å²) in [6, 6.07) is 14.8. The number of hydrogen-bond acceptors (Lipinski definition) is 2. The molecule has 0 radical (unpaired) electrons. The van der Waals surface area contributed by atoms with E-state index in [1.54, 1.807) is 0 Å². The average molecular weight is 313 g/mol. The first-order valence-corrected chi connectivity index (χ1v) is 8.05. The third-order valence-corrected chi connectivity index (χ3v) is 3.94. The number of benzene rings is 1. The molecule has 1 N–H and O–H groups in total. The summed E-state index contributed by atoms with van der Waals surface area (Å²) in [6.45, 7) is 6.01. The molecule has 0 saturated heterocycles. The van der Waals surface area contributed by atoms with Gasteiger partial charge in [-0.05, 0) is 55.7 Å². The number of nitrogens with zero attached hydrogens (tertiary/aromatic N) is 2. The van der Waals surface area contributed by atoms with Crippen molar-refractivity contribution in [3.63, 3.8) is 0 Å². The second kappa shape index (κ2) is 8.49. The van der Waals surface area contributed by atoms with E-state index < -0.39 is 0 Å². The number of nitrogens with one attached hydrogen (secondary N) is 1. The van der Waals surface area contributed by atoms with Crippen LogP contribution in [0.2, 0.25) is 0 Å². The van der Waals surface area contributed by atoms with Crippen LogP contribution in [-0.4, -0.2) is 27.6 Å². The Balaban J connectivity index is 1.88. The SMILES string of the molecule is CC(C)N(CCc1ccncc1)C(=S)NCc1ccccc1. The van der Waals surface area contributed by atoms with Gasteiger partial charge in [0.2, 0.25) is 0 Å². The Morgan fingerprint density at radius 2 is 1.77 bits per heavy atom. The van der Waals surface area contributed by atoms with E-state index in [0.717, 1.165) is 24.6 Å². The van der Waals surface area contributed by atoms with Gasteiger partial charge < -0.3 is 10.2 Å². The smallest absolute Gasteiger partial charge is 0.169 e. The van der Waals surface area contributed by atoms with Gasteiger partial charge in [0, 0.05) is 31.5 Å². The average Bonchev–Trinajstić information content (AvgIpc) is 2.55. The van der Waals surface area contributed by atoms with Crippen molar-refractivity contribution >= 4 is 17.3 Å². The van der Waals surface area contributed by atoms with E-state index in [4.69, 9.17) is 12.2 Å². The lowest BCUT2D eigenvalue weighted by Gasteiger charge is -2.29. The second-order valence-electron chi connectivity index (χ2n) is 5.54. The minimum Gasteiger partial charge on any atom is -0.358 e. The Hall–Kier alpha value is -1.94. The third-order valence-electron chi connectivity index (χ3n) is 3.56. The summed E-state index contributed by atoms with van der Waals surface area (Å²) in [7, 11) is 0. The Morgan fingerprint density at radius 1 is 1.09 bits per heavy atom. The van der Waals surface area contributed by atoms with Crippen molar-refractivity contribution in [1.82, 2.24) is 15.2 Å². The molecule has 0 amide bonds. The highest BCUT2D eigenvalue weighted by Gasteiger charge is 2.13. The highest BCUT2D eigenvalue weighted by molar-refractivity contribution is 7.80. The monoisotopic (exact) mass is 313 g/mol. The molecule has 3 nitrogen and oxygen atoms in total. The zero-order valence-corrected chi connectivity index (χ0v) is 14.0. The Labute approximate surface area is 138 Å². The fraction of sp³-hybridized carbons (Fsp3) is 0.333. The van der Waals surface area contributed by atoms with Gasteiger partial charge >= 0.3 is 0 Å². The van der Waals surface area contributed by atoms with Crippen LogP contribution in [0.15, 0.2) is 54.9 Å². The number of pyridine rings is 1. The lowest BCUT2D eigenvalue weighted by molar-refractivity contribution is 0.347. The van der Waals surface area contributed by atoms with E-state index >= 15 is 0 Å². The van der Waals surface area contributed by atoms with Gasteiger partial charge in [-0.3, -0.25) is 4.98 Å². The summed E-state index contributed by atoms with van der Waals surface area (Å²) in [5.74, 6) is 0. The quantitative estimate of drug-likeness (QED) is 0.827. The largest absolute Gasteiger partial charge is 0.358 e. The van der Waals surface area contributed by atoms with Gasteiger partial charge in [0.15, 0.2) is 5.11 Å². The summed E-state index contributed by atoms with van der Waals surface area (Å²) < 4.78 is 0. The molecule has 1 aromatic heterocycles. The van der Waals surface area contributed by atoms with Gasteiger partial charge in [-0.15, -0.1) is 0 Å². The van der Waals surface area contributed by atoms with Crippen molar-refractivity contribution in [3.05, 3.63) is 66.0 Å². The molecule has 0 aliphatic carbocycles. The van der Waals surface area contributed by atoms with E-state index in [0.29, 0.717) is 6.04 Å². The fourth-order valence-electron chi connectivity index (χ4n) is 2.27. The maximum Gasteiger partial charge on any atom is 0.169 e. The van der Waals surface area contributed by atoms with Crippen molar-refractivity contribution in [2.75, 3.05) is 6.54 Å². The van der Waals surface area contributed by atoms with Crippen LogP contribution in [0.3, 0.4) is 0 Å². The highest BCUT2D eigenvalue weighted by atomic mass is 32.1. The van der Waals surface area contributed by atoms with E-state index in [-0.39, 0.29) is 0 Å². The van der Waals surface area contributed by atoms with Gasteiger partial charge in [0.1, 0.15) is 0 Å². The molecule has 22 heavy (non-hydrogen) atoms. The number of rotatable bonds is 6. The maximum absolute atomic E-state index is 5.57. The van der Waals surface area contributed by atoms with Crippen LogP contribution in [0.4, 0.5) is 0 Å². The molecule has 0 aliphatic rings. The van der Waals surface area contributed by atoms with E-state index in [9.17, 15) is 0 Å². The van der Waals surface area contributed by atoms with Crippen molar-refractivity contribution in [2.24, 2.45) is 0 Å². The molecule has 116 valence electrons. The van der Waals surface area contributed by atoms with Crippen LogP contribution in [0, 0.1) is 0 Å². The van der Waals surface area contributed by atoms with Crippen molar-refractivity contribution < 1.29 is 0 Å². The topological polar surface area (TPSA) is 28.2 Å². The number of aromatic nitrogens is 1. The minimum absolute atomic E-state index is 0.373. The molecular formula is C18H23N3S. The molecule has 0 spiro atoms. The zero-order chi connectivity index (χ0) is 15.8. The molecular weight excluding hydrogens is 290 g/mol. The normalized spacial score (nSPS) is 10.5. The fourth-order valence-corrected chi connectivity index (χ4v) is 2.64. The molecule has 4 heteroatoms. The molecule has 0 fully saturated rings. The minimum atomic E-state index is 0.373. The maximum atomic E-state index is 5.57. The highest BCUT2D eigenvalue weighted by Crippen LogP contribution is 2.05. The molecule has 2 rings (SSSR count). The van der Waals surface area contributed by atoms with Crippen LogP contribution in [0.1, 0.15) is 25.0 Å². The summed E-state index contributed by atoms with van der Waals surface area (Å²) in [4.78, 5) is 6.29. The Morgan fingerprint density at radius 3 is 2.41 bits per heavy atom. The molecule has 0 unspecified atom stereocenters. The van der Waals surface area contributed by atoms with Crippen LogP contribution in [0.25, 0.3) is 0 Å². The van der Waals surface area contributed by atoms with Crippen LogP contribution in [-0.2, 0) is 13.0 Å². The third kappa shape index (κ3) is 5.11. The van der Waals surface area contributed by atoms with Crippen molar-refractivity contribution in [3.8, 4) is 0 Å². The first-order valence-electron chi connectivity index (χ1n) is 7.64. The molecule has 0 saturated carbocycles. The van der Waals surface area contributed by atoms with Gasteiger partial charge in [-0.1, -0.05) is 30.3 Å². The van der Waals surface area contributed by atoms with Crippen LogP contribution >= 0.6 is 12.2 Å². The molecule has 0 aliphatic heterocycles. The van der Waals surface area contributed by atoms with Crippen LogP contribution < -0.4 is 5.32 Å². The molecule has 2 aromatic rings. The summed E-state index contributed by atoms with van der Waals surface area (Å²) in [5.41, 5.74) is 2.52. The lowest BCUT2D eigenvalue weighted by atomic mass is 10.2. The first kappa shape index (κ1) is 16.4. The first-order chi connectivity index (χ1) is 10.7. The Kier molecular flexibility index (Phi) is 6.34. The zero-order valence-electron chi connectivity index (χ0n) is 13.2. The van der Waals surface area contributed by atoms with E-state index in [1.165, 1.54) is 11.1 Å². The van der Waals surface area contributed by atoms with Crippen molar-refractivity contribution in [1.29, 1.82) is 0 Å². The lowest BCUT2D eigenvalue weighted by Crippen LogP contribution is -2.44. The molecule has 1 aromatic carbocycles. The van der Waals surface area contributed by atoms with Gasteiger partial charge in [0.05, 0.1) is 0 Å². The summed E-state index contributed by atoms with van der Waals surface area (Å²) >= 11 is 5.57. The standard InChI is InChI=1S/C18H23N3S/c1-15(2)21(13-10-16-8-11-19-12-9-16)18(22)20-14-17-6-4-3-5-7-17/h3-9,11-12,15H,10,13-14H2,1-2H3,(H,20,22).